The van der Waals surface area contributed by atoms with E-state index in [4.69, 9.17) is 28.9 Å². The summed E-state index contributed by atoms with van der Waals surface area (Å²) in [6, 6.07) is 6.06. The van der Waals surface area contributed by atoms with Crippen LogP contribution in [0.25, 0.3) is 0 Å². The number of carbonyl (C=O) groups excluding carboxylic acids is 2. The molecule has 1 aliphatic heterocycles. The van der Waals surface area contributed by atoms with Crippen molar-refractivity contribution in [3.8, 4) is 0 Å². The molecule has 3 N–H and O–H groups in total. The molecule has 8 nitrogen and oxygen atoms in total. The first-order chi connectivity index (χ1) is 14.5. The summed E-state index contributed by atoms with van der Waals surface area (Å²) in [6.45, 7) is 2.24. The summed E-state index contributed by atoms with van der Waals surface area (Å²) in [4.78, 5) is 24.1. The Kier molecular flexibility index (Phi) is 7.00. The maximum Gasteiger partial charge on any atom is 0.265 e. The third-order valence-corrected chi connectivity index (χ3v) is 7.91. The second-order valence-corrected chi connectivity index (χ2v) is 10.4. The number of nitrogens with one attached hydrogen (secondary N) is 1. The van der Waals surface area contributed by atoms with Crippen molar-refractivity contribution in [3.63, 3.8) is 0 Å². The van der Waals surface area contributed by atoms with Crippen molar-refractivity contribution in [2.24, 2.45) is 18.7 Å². The monoisotopic (exact) mass is 486 g/mol. The zero-order chi connectivity index (χ0) is 22.9. The molecule has 2 amide bonds. The Hall–Kier alpha value is -2.07. The summed E-state index contributed by atoms with van der Waals surface area (Å²) >= 11 is 12.1. The number of hydrogen-bond acceptors (Lipinski definition) is 4. The van der Waals surface area contributed by atoms with Gasteiger partial charge in [0.2, 0.25) is 15.9 Å². The number of carbonyl (C=O) groups is 2. The summed E-state index contributed by atoms with van der Waals surface area (Å²) < 4.78 is 28.5. The smallest absolute Gasteiger partial charge is 0.265 e. The van der Waals surface area contributed by atoms with Gasteiger partial charge in [-0.25, -0.2) is 8.42 Å². The van der Waals surface area contributed by atoms with E-state index in [1.807, 2.05) is 6.92 Å². The number of nitrogens with zero attached hydrogens (tertiary/aromatic N) is 2. The number of amides is 2. The van der Waals surface area contributed by atoms with Crippen LogP contribution in [0.2, 0.25) is 10.0 Å². The van der Waals surface area contributed by atoms with Crippen LogP contribution in [0.4, 0.5) is 0 Å². The van der Waals surface area contributed by atoms with Gasteiger partial charge in [0.1, 0.15) is 10.6 Å². The maximum atomic E-state index is 12.9. The summed E-state index contributed by atoms with van der Waals surface area (Å²) in [6.07, 6.45) is 2.15. The van der Waals surface area contributed by atoms with Crippen LogP contribution < -0.4 is 11.1 Å². The first kappa shape index (κ1) is 23.6. The standard InChI is InChI=1S/C20H24Cl2N4O4S/c1-12(16-4-3-14(21)9-17(16)22)24-20(28)13-5-7-26(8-6-13)31(29,30)15-10-18(19(23)27)25(2)11-15/h3-4,9-13H,5-8H2,1-2H3,(H2,23,27)(H,24,28). The Morgan fingerprint density at radius 3 is 2.39 bits per heavy atom. The maximum absolute atomic E-state index is 12.9. The van der Waals surface area contributed by atoms with Crippen LogP contribution in [0.3, 0.4) is 0 Å². The van der Waals surface area contributed by atoms with E-state index in [9.17, 15) is 18.0 Å². The van der Waals surface area contributed by atoms with E-state index in [1.165, 1.54) is 21.1 Å². The van der Waals surface area contributed by atoms with Crippen molar-refractivity contribution in [2.45, 2.75) is 30.7 Å². The first-order valence-corrected chi connectivity index (χ1v) is 11.9. The molecule has 0 bridgehead atoms. The van der Waals surface area contributed by atoms with Crippen molar-refractivity contribution in [1.82, 2.24) is 14.2 Å². The van der Waals surface area contributed by atoms with Crippen LogP contribution in [0.15, 0.2) is 35.4 Å². The molecule has 11 heteroatoms. The third kappa shape index (κ3) is 5.06. The number of aryl methyl sites for hydroxylation is 1. The molecule has 1 aromatic carbocycles. The van der Waals surface area contributed by atoms with Crippen molar-refractivity contribution in [1.29, 1.82) is 0 Å². The van der Waals surface area contributed by atoms with Crippen molar-refractivity contribution >= 4 is 45.0 Å². The van der Waals surface area contributed by atoms with Crippen LogP contribution in [-0.2, 0) is 21.9 Å². The highest BCUT2D eigenvalue weighted by atomic mass is 35.5. The molecule has 2 aromatic rings. The van der Waals surface area contributed by atoms with Gasteiger partial charge in [-0.2, -0.15) is 4.31 Å². The topological polar surface area (TPSA) is 114 Å². The molecule has 0 aliphatic carbocycles. The fourth-order valence-corrected chi connectivity index (χ4v) is 5.80. The average Bonchev–Trinajstić information content (AvgIpc) is 3.10. The molecule has 31 heavy (non-hydrogen) atoms. The predicted molar refractivity (Wildman–Crippen MR) is 118 cm³/mol. The molecule has 0 radical (unpaired) electrons. The molecule has 168 valence electrons. The van der Waals surface area contributed by atoms with E-state index < -0.39 is 15.9 Å². The molecule has 1 unspecified atom stereocenters. The van der Waals surface area contributed by atoms with E-state index in [2.05, 4.69) is 5.32 Å². The minimum atomic E-state index is -3.78. The van der Waals surface area contributed by atoms with Gasteiger partial charge in [-0.15, -0.1) is 0 Å². The number of halogens is 2. The van der Waals surface area contributed by atoms with Gasteiger partial charge >= 0.3 is 0 Å². The Morgan fingerprint density at radius 2 is 1.84 bits per heavy atom. The lowest BCUT2D eigenvalue weighted by atomic mass is 9.96. The van der Waals surface area contributed by atoms with Gasteiger partial charge in [0.25, 0.3) is 5.91 Å². The zero-order valence-corrected chi connectivity index (χ0v) is 19.5. The molecule has 0 saturated carbocycles. The Balaban J connectivity index is 1.62. The summed E-state index contributed by atoms with van der Waals surface area (Å²) in [5, 5.41) is 3.93. The highest BCUT2D eigenvalue weighted by Gasteiger charge is 2.33. The molecule has 0 spiro atoms. The number of piperidine rings is 1. The number of sulfonamides is 1. The highest BCUT2D eigenvalue weighted by molar-refractivity contribution is 7.89. The van der Waals surface area contributed by atoms with Gasteiger partial charge in [0.05, 0.1) is 6.04 Å². The van der Waals surface area contributed by atoms with E-state index in [0.29, 0.717) is 22.9 Å². The first-order valence-electron chi connectivity index (χ1n) is 9.72. The molecular formula is C20H24Cl2N4O4S. The Bertz CT molecular complexity index is 1110. The second-order valence-electron chi connectivity index (χ2n) is 7.61. The number of primary amides is 1. The fourth-order valence-electron chi connectivity index (χ4n) is 3.69. The zero-order valence-electron chi connectivity index (χ0n) is 17.1. The fraction of sp³-hybridized carbons (Fsp3) is 0.400. The predicted octanol–water partition coefficient (Wildman–Crippen LogP) is 2.71. The number of aromatic nitrogens is 1. The van der Waals surface area contributed by atoms with E-state index in [1.54, 1.807) is 25.2 Å². The van der Waals surface area contributed by atoms with Gasteiger partial charge in [-0.05, 0) is 43.5 Å². The lowest BCUT2D eigenvalue weighted by Crippen LogP contribution is -2.43. The van der Waals surface area contributed by atoms with Crippen LogP contribution in [0.5, 0.6) is 0 Å². The molecule has 1 saturated heterocycles. The third-order valence-electron chi connectivity index (χ3n) is 5.48. The van der Waals surface area contributed by atoms with Crippen LogP contribution in [0, 0.1) is 5.92 Å². The summed E-state index contributed by atoms with van der Waals surface area (Å²) in [7, 11) is -2.22. The quantitative estimate of drug-likeness (QED) is 0.652. The minimum Gasteiger partial charge on any atom is -0.364 e. The van der Waals surface area contributed by atoms with Gasteiger partial charge in [0.15, 0.2) is 0 Å². The highest BCUT2D eigenvalue weighted by Crippen LogP contribution is 2.28. The van der Waals surface area contributed by atoms with Gasteiger partial charge in [0, 0.05) is 42.3 Å². The van der Waals surface area contributed by atoms with Crippen LogP contribution in [0.1, 0.15) is 41.9 Å². The number of benzene rings is 1. The van der Waals surface area contributed by atoms with Crippen LogP contribution in [-0.4, -0.2) is 42.2 Å². The SMILES string of the molecule is CC(NC(=O)C1CCN(S(=O)(=O)c2cc(C(N)=O)n(C)c2)CC1)c1ccc(Cl)cc1Cl. The second kappa shape index (κ2) is 9.20. The lowest BCUT2D eigenvalue weighted by Gasteiger charge is -2.31. The Labute approximate surface area is 191 Å². The van der Waals surface area contributed by atoms with E-state index in [-0.39, 0.29) is 41.5 Å². The molecule has 1 aliphatic rings. The average molecular weight is 487 g/mol. The molecule has 1 atom stereocenters. The van der Waals surface area contributed by atoms with Gasteiger partial charge < -0.3 is 15.6 Å². The number of nitrogens with two attached hydrogens (primary N) is 1. The number of hydrogen-bond donors (Lipinski definition) is 2. The summed E-state index contributed by atoms with van der Waals surface area (Å²) in [5.74, 6) is -1.16. The largest absolute Gasteiger partial charge is 0.364 e. The van der Waals surface area contributed by atoms with Crippen LogP contribution >= 0.6 is 23.2 Å². The normalized spacial score (nSPS) is 16.8. The molecule has 1 aromatic heterocycles. The van der Waals surface area contributed by atoms with Crippen molar-refractivity contribution in [3.05, 3.63) is 51.8 Å². The Morgan fingerprint density at radius 1 is 1.19 bits per heavy atom. The van der Waals surface area contributed by atoms with Crippen molar-refractivity contribution < 1.29 is 18.0 Å². The van der Waals surface area contributed by atoms with Gasteiger partial charge in [-0.3, -0.25) is 9.59 Å². The minimum absolute atomic E-state index is 0.0118. The molecule has 3 rings (SSSR count). The number of rotatable bonds is 6. The van der Waals surface area contributed by atoms with E-state index >= 15 is 0 Å². The molecule has 2 heterocycles. The van der Waals surface area contributed by atoms with E-state index in [0.717, 1.165) is 5.56 Å². The summed E-state index contributed by atoms with van der Waals surface area (Å²) in [5.41, 5.74) is 6.14. The molecule has 1 fully saturated rings. The van der Waals surface area contributed by atoms with Crippen molar-refractivity contribution in [2.75, 3.05) is 13.1 Å². The lowest BCUT2D eigenvalue weighted by molar-refractivity contribution is -0.126. The molecular weight excluding hydrogens is 463 g/mol. The van der Waals surface area contributed by atoms with Gasteiger partial charge in [-0.1, -0.05) is 29.3 Å².